The van der Waals surface area contributed by atoms with E-state index in [9.17, 15) is 15.2 Å². The van der Waals surface area contributed by atoms with Gasteiger partial charge in [-0.3, -0.25) is 0 Å². The standard InChI is InChI=1S/C19H23NO3/c1-3-16(4-2)19(23,18(13-20)10-11-18)9-8-14-6-5-7-15(12-14)17(21)22/h5-9,12,16,23H,3-4,10-11H2,1-2H3,(H,21,22)/b9-8+/t19-/m1/s1. The van der Waals surface area contributed by atoms with Crippen molar-refractivity contribution in [3.05, 3.63) is 41.5 Å². The summed E-state index contributed by atoms with van der Waals surface area (Å²) in [5, 5.41) is 29.9. The van der Waals surface area contributed by atoms with Gasteiger partial charge < -0.3 is 10.2 Å². The van der Waals surface area contributed by atoms with Gasteiger partial charge in [-0.25, -0.2) is 4.79 Å². The van der Waals surface area contributed by atoms with Crippen LogP contribution in [0.15, 0.2) is 30.3 Å². The quantitative estimate of drug-likeness (QED) is 0.800. The summed E-state index contributed by atoms with van der Waals surface area (Å²) >= 11 is 0. The maximum absolute atomic E-state index is 11.3. The summed E-state index contributed by atoms with van der Waals surface area (Å²) in [6.07, 6.45) is 6.43. The molecule has 0 aliphatic heterocycles. The van der Waals surface area contributed by atoms with Crippen molar-refractivity contribution >= 4 is 12.0 Å². The van der Waals surface area contributed by atoms with Crippen molar-refractivity contribution in [2.24, 2.45) is 11.3 Å². The highest BCUT2D eigenvalue weighted by molar-refractivity contribution is 5.88. The Hall–Kier alpha value is -2.12. The molecule has 23 heavy (non-hydrogen) atoms. The fourth-order valence-electron chi connectivity index (χ4n) is 3.32. The third-order valence-corrected chi connectivity index (χ3v) is 5.00. The summed E-state index contributed by atoms with van der Waals surface area (Å²) in [5.74, 6) is -0.977. The predicted molar refractivity (Wildman–Crippen MR) is 88.7 cm³/mol. The summed E-state index contributed by atoms with van der Waals surface area (Å²) < 4.78 is 0. The summed E-state index contributed by atoms with van der Waals surface area (Å²) in [4.78, 5) is 11.1. The monoisotopic (exact) mass is 313 g/mol. The summed E-state index contributed by atoms with van der Waals surface area (Å²) in [5.41, 5.74) is -0.961. The van der Waals surface area contributed by atoms with E-state index in [4.69, 9.17) is 5.11 Å². The van der Waals surface area contributed by atoms with Gasteiger partial charge in [-0.15, -0.1) is 0 Å². The Morgan fingerprint density at radius 2 is 2.09 bits per heavy atom. The number of benzene rings is 1. The van der Waals surface area contributed by atoms with Crippen molar-refractivity contribution in [1.82, 2.24) is 0 Å². The van der Waals surface area contributed by atoms with Gasteiger partial charge in [0, 0.05) is 0 Å². The topological polar surface area (TPSA) is 81.3 Å². The van der Waals surface area contributed by atoms with Crippen LogP contribution >= 0.6 is 0 Å². The summed E-state index contributed by atoms with van der Waals surface area (Å²) in [6, 6.07) is 8.88. The fraction of sp³-hybridized carbons (Fsp3) is 0.474. The first-order valence-corrected chi connectivity index (χ1v) is 8.08. The molecule has 0 spiro atoms. The van der Waals surface area contributed by atoms with E-state index in [1.165, 1.54) is 6.07 Å². The smallest absolute Gasteiger partial charge is 0.335 e. The number of carboxylic acids is 1. The normalized spacial score (nSPS) is 18.6. The second kappa shape index (κ2) is 6.55. The molecule has 1 aromatic rings. The van der Waals surface area contributed by atoms with Gasteiger partial charge in [0.15, 0.2) is 0 Å². The zero-order chi connectivity index (χ0) is 17.1. The molecule has 4 nitrogen and oxygen atoms in total. The van der Waals surface area contributed by atoms with Crippen LogP contribution in [-0.4, -0.2) is 21.8 Å². The van der Waals surface area contributed by atoms with Crippen molar-refractivity contribution in [3.63, 3.8) is 0 Å². The lowest BCUT2D eigenvalue weighted by atomic mass is 9.72. The van der Waals surface area contributed by atoms with Crippen LogP contribution in [0.25, 0.3) is 6.08 Å². The lowest BCUT2D eigenvalue weighted by Gasteiger charge is -2.37. The van der Waals surface area contributed by atoms with E-state index in [0.717, 1.165) is 12.8 Å². The molecule has 0 amide bonds. The molecule has 0 radical (unpaired) electrons. The Labute approximate surface area is 137 Å². The van der Waals surface area contributed by atoms with E-state index in [2.05, 4.69) is 6.07 Å². The minimum atomic E-state index is -1.18. The molecule has 1 aliphatic rings. The van der Waals surface area contributed by atoms with E-state index in [1.807, 2.05) is 13.8 Å². The highest BCUT2D eigenvalue weighted by Gasteiger charge is 2.60. The van der Waals surface area contributed by atoms with Crippen LogP contribution in [0.2, 0.25) is 0 Å². The number of hydrogen-bond donors (Lipinski definition) is 2. The van der Waals surface area contributed by atoms with Gasteiger partial charge in [0.05, 0.1) is 17.0 Å². The van der Waals surface area contributed by atoms with Gasteiger partial charge in [-0.1, -0.05) is 51.0 Å². The molecule has 1 aliphatic carbocycles. The molecule has 0 bridgehead atoms. The predicted octanol–water partition coefficient (Wildman–Crippen LogP) is 3.87. The molecule has 4 heteroatoms. The Balaban J connectivity index is 2.37. The Morgan fingerprint density at radius 3 is 2.57 bits per heavy atom. The third-order valence-electron chi connectivity index (χ3n) is 5.00. The second-order valence-electron chi connectivity index (χ2n) is 6.30. The SMILES string of the molecule is CCC(CC)[C@](O)(/C=C/c1cccc(C(=O)O)c1)C1(C#N)CC1. The molecule has 122 valence electrons. The van der Waals surface area contributed by atoms with Crippen molar-refractivity contribution in [1.29, 1.82) is 5.26 Å². The Morgan fingerprint density at radius 1 is 1.43 bits per heavy atom. The van der Waals surface area contributed by atoms with Crippen LogP contribution in [0.4, 0.5) is 0 Å². The molecule has 0 unspecified atom stereocenters. The van der Waals surface area contributed by atoms with Gasteiger partial charge in [0.25, 0.3) is 0 Å². The number of aromatic carboxylic acids is 1. The largest absolute Gasteiger partial charge is 0.478 e. The molecule has 1 fully saturated rings. The molecular formula is C19H23NO3. The number of carboxylic acid groups (broad SMARTS) is 1. The van der Waals surface area contributed by atoms with Crippen LogP contribution in [0.3, 0.4) is 0 Å². The van der Waals surface area contributed by atoms with Crippen molar-refractivity contribution in [3.8, 4) is 6.07 Å². The Kier molecular flexibility index (Phi) is 4.91. The van der Waals surface area contributed by atoms with E-state index >= 15 is 0 Å². The van der Waals surface area contributed by atoms with E-state index in [0.29, 0.717) is 18.4 Å². The number of aliphatic hydroxyl groups is 1. The molecule has 2 rings (SSSR count). The summed E-state index contributed by atoms with van der Waals surface area (Å²) in [6.45, 7) is 4.04. The van der Waals surface area contributed by atoms with Crippen LogP contribution in [-0.2, 0) is 0 Å². The van der Waals surface area contributed by atoms with Crippen molar-refractivity contribution < 1.29 is 15.0 Å². The highest BCUT2D eigenvalue weighted by atomic mass is 16.4. The first kappa shape index (κ1) is 17.2. The maximum atomic E-state index is 11.3. The molecule has 0 heterocycles. The van der Waals surface area contributed by atoms with E-state index in [-0.39, 0.29) is 11.5 Å². The average molecular weight is 313 g/mol. The number of rotatable bonds is 7. The Bertz CT molecular complexity index is 651. The van der Waals surface area contributed by atoms with E-state index < -0.39 is 17.0 Å². The number of carbonyl (C=O) groups is 1. The zero-order valence-electron chi connectivity index (χ0n) is 13.6. The molecule has 2 N–H and O–H groups in total. The summed E-state index contributed by atoms with van der Waals surface area (Å²) in [7, 11) is 0. The van der Waals surface area contributed by atoms with E-state index in [1.54, 1.807) is 30.4 Å². The van der Waals surface area contributed by atoms with Crippen molar-refractivity contribution in [2.75, 3.05) is 0 Å². The molecule has 0 saturated heterocycles. The first-order valence-electron chi connectivity index (χ1n) is 8.08. The first-order chi connectivity index (χ1) is 10.9. The molecule has 0 aromatic heterocycles. The van der Waals surface area contributed by atoms with Crippen molar-refractivity contribution in [2.45, 2.75) is 45.1 Å². The number of nitrogens with zero attached hydrogens (tertiary/aromatic N) is 1. The van der Waals surface area contributed by atoms with Crippen LogP contribution in [0.1, 0.15) is 55.5 Å². The average Bonchev–Trinajstić information content (AvgIpc) is 3.36. The lowest BCUT2D eigenvalue weighted by Crippen LogP contribution is -2.44. The van der Waals surface area contributed by atoms with Crippen LogP contribution in [0.5, 0.6) is 0 Å². The lowest BCUT2D eigenvalue weighted by molar-refractivity contribution is -0.0209. The van der Waals surface area contributed by atoms with Gasteiger partial charge in [-0.05, 0) is 36.5 Å². The molecule has 1 saturated carbocycles. The second-order valence-corrected chi connectivity index (χ2v) is 6.30. The van der Waals surface area contributed by atoms with Crippen LogP contribution < -0.4 is 0 Å². The van der Waals surface area contributed by atoms with Gasteiger partial charge >= 0.3 is 5.97 Å². The molecule has 1 atom stereocenters. The third kappa shape index (κ3) is 3.16. The molecule has 1 aromatic carbocycles. The minimum absolute atomic E-state index is 0.00329. The van der Waals surface area contributed by atoms with Gasteiger partial charge in [0.2, 0.25) is 0 Å². The van der Waals surface area contributed by atoms with Gasteiger partial charge in [0.1, 0.15) is 5.60 Å². The van der Waals surface area contributed by atoms with Crippen LogP contribution in [0, 0.1) is 22.7 Å². The minimum Gasteiger partial charge on any atom is -0.478 e. The number of hydrogen-bond acceptors (Lipinski definition) is 3. The number of nitriles is 1. The molecular weight excluding hydrogens is 290 g/mol. The highest BCUT2D eigenvalue weighted by Crippen LogP contribution is 2.58. The van der Waals surface area contributed by atoms with Gasteiger partial charge in [-0.2, -0.15) is 5.26 Å². The maximum Gasteiger partial charge on any atom is 0.335 e. The fourth-order valence-corrected chi connectivity index (χ4v) is 3.32. The zero-order valence-corrected chi connectivity index (χ0v) is 13.6.